The van der Waals surface area contributed by atoms with Crippen molar-refractivity contribution in [2.24, 2.45) is 17.6 Å². The summed E-state index contributed by atoms with van der Waals surface area (Å²) in [5.41, 5.74) is -2.24. The molecule has 236 valence electrons. The van der Waals surface area contributed by atoms with Gasteiger partial charge in [0.25, 0.3) is 0 Å². The summed E-state index contributed by atoms with van der Waals surface area (Å²) in [4.78, 5) is -0.315. The molecule has 4 N–H and O–H groups in total. The van der Waals surface area contributed by atoms with Gasteiger partial charge in [0, 0.05) is 17.7 Å². The van der Waals surface area contributed by atoms with E-state index in [2.05, 4.69) is 11.9 Å². The summed E-state index contributed by atoms with van der Waals surface area (Å²) in [6.07, 6.45) is -13.2. The predicted molar refractivity (Wildman–Crippen MR) is 141 cm³/mol. The topological polar surface area (TPSA) is 92.4 Å². The molecule has 2 fully saturated rings. The first kappa shape index (κ1) is 34.2. The number of fused-ring (bicyclic) bond motifs is 1. The van der Waals surface area contributed by atoms with Gasteiger partial charge in [0.15, 0.2) is 9.84 Å². The molecule has 0 saturated heterocycles. The van der Waals surface area contributed by atoms with Crippen LogP contribution in [0.3, 0.4) is 0 Å². The van der Waals surface area contributed by atoms with Crippen molar-refractivity contribution in [2.75, 3.05) is 0 Å². The van der Waals surface area contributed by atoms with Crippen molar-refractivity contribution in [1.29, 1.82) is 0 Å². The molecule has 42 heavy (non-hydrogen) atoms. The van der Waals surface area contributed by atoms with Crippen molar-refractivity contribution in [3.8, 4) is 0 Å². The zero-order valence-electron chi connectivity index (χ0n) is 23.2. The summed E-state index contributed by atoms with van der Waals surface area (Å²) in [5.74, 6) is -1.93. The lowest BCUT2D eigenvalue weighted by molar-refractivity contribution is -0.325. The van der Waals surface area contributed by atoms with Crippen molar-refractivity contribution in [2.45, 2.75) is 92.4 Å². The number of sulfone groups is 1. The van der Waals surface area contributed by atoms with Crippen LogP contribution in [0.1, 0.15) is 46.5 Å². The van der Waals surface area contributed by atoms with E-state index in [9.17, 15) is 44.3 Å². The third-order valence-corrected chi connectivity index (χ3v) is 11.2. The van der Waals surface area contributed by atoms with Crippen LogP contribution in [0.2, 0.25) is 0 Å². The molecule has 2 aliphatic carbocycles. The van der Waals surface area contributed by atoms with Gasteiger partial charge in [0.1, 0.15) is 16.8 Å². The third kappa shape index (κ3) is 5.55. The fourth-order valence-corrected chi connectivity index (χ4v) is 8.80. The van der Waals surface area contributed by atoms with Crippen molar-refractivity contribution >= 4 is 9.84 Å². The molecule has 14 heteroatoms. The molecule has 0 aromatic heterocycles. The molecule has 0 heterocycles. The molecule has 1 aromatic carbocycles. The second-order valence-corrected chi connectivity index (χ2v) is 13.2. The van der Waals surface area contributed by atoms with Gasteiger partial charge in [-0.15, -0.1) is 0 Å². The van der Waals surface area contributed by atoms with E-state index in [1.807, 2.05) is 0 Å². The van der Waals surface area contributed by atoms with Crippen molar-refractivity contribution in [1.82, 2.24) is 5.32 Å². The van der Waals surface area contributed by atoms with E-state index < -0.39 is 74.1 Å². The maximum atomic E-state index is 15.0. The van der Waals surface area contributed by atoms with Gasteiger partial charge in [-0.25, -0.2) is 17.2 Å². The van der Waals surface area contributed by atoms with Crippen LogP contribution in [0.15, 0.2) is 64.6 Å². The van der Waals surface area contributed by atoms with Crippen LogP contribution in [0, 0.1) is 17.7 Å². The number of rotatable bonds is 8. The van der Waals surface area contributed by atoms with Crippen LogP contribution in [-0.2, 0) is 9.84 Å². The number of benzene rings is 1. The van der Waals surface area contributed by atoms with E-state index in [-0.39, 0.29) is 41.7 Å². The lowest BCUT2D eigenvalue weighted by Gasteiger charge is -2.45. The number of nitrogens with two attached hydrogens (primary N) is 1. The highest BCUT2D eigenvalue weighted by atomic mass is 32.2. The molecule has 0 bridgehead atoms. The van der Waals surface area contributed by atoms with E-state index in [0.29, 0.717) is 12.2 Å². The molecule has 5 nitrogen and oxygen atoms in total. The Hall–Kier alpha value is -2.29. The van der Waals surface area contributed by atoms with Gasteiger partial charge in [-0.1, -0.05) is 18.7 Å². The van der Waals surface area contributed by atoms with Gasteiger partial charge in [-0.2, -0.15) is 26.3 Å². The normalized spacial score (nSPS) is 27.6. The first-order valence-corrected chi connectivity index (χ1v) is 14.7. The Morgan fingerprint density at radius 1 is 1.10 bits per heavy atom. The number of hydrogen-bond acceptors (Lipinski definition) is 5. The fraction of sp³-hybridized carbons (Fsp3) is 0.571. The molecular formula is C28H34F8N2O3S. The van der Waals surface area contributed by atoms with Crippen LogP contribution >= 0.6 is 0 Å². The number of halogens is 8. The number of nitrogens with one attached hydrogen (secondary N) is 1. The Morgan fingerprint density at radius 3 is 2.12 bits per heavy atom. The molecule has 2 unspecified atom stereocenters. The smallest absolute Gasteiger partial charge is 0.377 e. The van der Waals surface area contributed by atoms with Crippen molar-refractivity contribution < 1.29 is 48.6 Å². The van der Waals surface area contributed by atoms with E-state index in [0.717, 1.165) is 31.2 Å². The summed E-state index contributed by atoms with van der Waals surface area (Å²) in [5, 5.41) is 13.2. The van der Waals surface area contributed by atoms with Crippen LogP contribution in [0.25, 0.3) is 0 Å². The largest absolute Gasteiger partial charge is 0.435 e. The second kappa shape index (κ2) is 11.7. The van der Waals surface area contributed by atoms with Gasteiger partial charge in [0.05, 0.1) is 4.90 Å². The van der Waals surface area contributed by atoms with E-state index in [4.69, 9.17) is 5.73 Å². The minimum absolute atomic E-state index is 0.00937. The molecule has 3 rings (SSSR count). The minimum Gasteiger partial charge on any atom is -0.377 e. The first-order valence-electron chi connectivity index (χ1n) is 13.3. The highest BCUT2D eigenvalue weighted by Crippen LogP contribution is 2.60. The molecule has 0 radical (unpaired) electrons. The lowest BCUT2D eigenvalue weighted by atomic mass is 9.70. The maximum Gasteiger partial charge on any atom is 0.435 e. The Labute approximate surface area is 239 Å². The van der Waals surface area contributed by atoms with E-state index in [1.54, 1.807) is 13.8 Å². The van der Waals surface area contributed by atoms with Gasteiger partial charge < -0.3 is 10.8 Å². The monoisotopic (exact) mass is 630 g/mol. The summed E-state index contributed by atoms with van der Waals surface area (Å²) < 4.78 is 137. The first-order chi connectivity index (χ1) is 19.2. The molecule has 1 aromatic rings. The van der Waals surface area contributed by atoms with Gasteiger partial charge in [-0.05, 0) is 93.7 Å². The summed E-state index contributed by atoms with van der Waals surface area (Å²) in [6.45, 7) is 7.94. The Balaban J connectivity index is 2.20. The number of hydrogen-bond donors (Lipinski definition) is 3. The molecule has 2 saturated carbocycles. The van der Waals surface area contributed by atoms with Crippen LogP contribution in [-0.4, -0.2) is 54.6 Å². The lowest BCUT2D eigenvalue weighted by Crippen LogP contribution is -2.54. The average molecular weight is 631 g/mol. The van der Waals surface area contributed by atoms with Gasteiger partial charge >= 0.3 is 18.0 Å². The molecular weight excluding hydrogens is 596 g/mol. The number of aliphatic hydroxyl groups excluding tert-OH is 1. The van der Waals surface area contributed by atoms with Crippen LogP contribution in [0.4, 0.5) is 35.1 Å². The minimum atomic E-state index is -6.36. The van der Waals surface area contributed by atoms with E-state index in [1.165, 1.54) is 0 Å². The molecule has 6 atom stereocenters. The number of aliphatic hydroxyl groups is 1. The van der Waals surface area contributed by atoms with Crippen LogP contribution < -0.4 is 11.1 Å². The van der Waals surface area contributed by atoms with Gasteiger partial charge in [0.2, 0.25) is 0 Å². The zero-order valence-corrected chi connectivity index (χ0v) is 24.0. The van der Waals surface area contributed by atoms with Crippen molar-refractivity contribution in [3.05, 3.63) is 65.5 Å². The fourth-order valence-electron chi connectivity index (χ4n) is 6.35. The second-order valence-electron chi connectivity index (χ2n) is 11.0. The Kier molecular flexibility index (Phi) is 9.50. The maximum absolute atomic E-state index is 15.0. The third-order valence-electron chi connectivity index (χ3n) is 8.59. The highest BCUT2D eigenvalue weighted by molar-refractivity contribution is 7.93. The van der Waals surface area contributed by atoms with Crippen molar-refractivity contribution in [3.63, 3.8) is 0 Å². The number of alkyl halides is 7. The summed E-state index contributed by atoms with van der Waals surface area (Å²) in [6, 6.07) is 2.68. The Morgan fingerprint density at radius 2 is 1.64 bits per heavy atom. The highest BCUT2D eigenvalue weighted by Gasteiger charge is 2.74. The average Bonchev–Trinajstić information content (AvgIpc) is 3.29. The summed E-state index contributed by atoms with van der Waals surface area (Å²) >= 11 is 0. The van der Waals surface area contributed by atoms with Gasteiger partial charge in [-0.3, -0.25) is 5.32 Å². The summed E-state index contributed by atoms with van der Waals surface area (Å²) in [7, 11) is -4.48. The molecule has 0 amide bonds. The SMILES string of the molecule is C=C1/C(=C\C(=C/C)C(F)(C(F)(F)F)C(F)(F)F)CC[C@H]2[C@H](C(C)NC(O)[C@H](C)N)CC[C@@]12S(=O)(=O)c1ccc(F)cc1. The number of allylic oxidation sites excluding steroid dienone is 4. The van der Waals surface area contributed by atoms with E-state index >= 15 is 4.39 Å². The van der Waals surface area contributed by atoms with Crippen LogP contribution in [0.5, 0.6) is 0 Å². The predicted octanol–water partition coefficient (Wildman–Crippen LogP) is 6.06. The Bertz CT molecular complexity index is 1320. The standard InChI is InChI=1S/C28H34F8N2O3S/c1-5-19(26(30,27(31,32)33)28(34,35)36)14-18-6-11-23-22(17(4)38-24(39)16(3)37)12-13-25(23,15(18)2)42(40,41)21-9-7-20(29)8-10-21/h5,7-10,14,16-17,22-24,38-39H,2,6,11-13,37H2,1,3-4H3/b18-14-,19-5+/t16-,17?,22-,23-,24?,25+/m0/s1. The zero-order chi connectivity index (χ0) is 32.1. The molecule has 0 spiro atoms. The quantitative estimate of drug-likeness (QED) is 0.185. The molecule has 0 aliphatic heterocycles. The molecule has 2 aliphatic rings.